The molecule has 1 aliphatic heterocycles. The van der Waals surface area contributed by atoms with Crippen molar-refractivity contribution in [3.05, 3.63) is 29.3 Å². The number of carboxylic acids is 1. The zero-order chi connectivity index (χ0) is 15.4. The van der Waals surface area contributed by atoms with Gasteiger partial charge in [0, 0.05) is 12.5 Å². The highest BCUT2D eigenvalue weighted by atomic mass is 16.5. The molecule has 6 heteroatoms. The van der Waals surface area contributed by atoms with Crippen LogP contribution in [0.1, 0.15) is 28.8 Å². The van der Waals surface area contributed by atoms with Gasteiger partial charge in [-0.15, -0.1) is 0 Å². The zero-order valence-electron chi connectivity index (χ0n) is 11.8. The van der Waals surface area contributed by atoms with Gasteiger partial charge in [-0.2, -0.15) is 0 Å². The van der Waals surface area contributed by atoms with Gasteiger partial charge in [0.25, 0.3) is 5.91 Å². The van der Waals surface area contributed by atoms with Crippen molar-refractivity contribution in [2.75, 3.05) is 13.2 Å². The number of aromatic hydroxyl groups is 1. The number of rotatable bonds is 4. The quantitative estimate of drug-likeness (QED) is 0.778. The number of carboxylic acid groups (broad SMARTS) is 1. The number of phenols is 1. The number of benzene rings is 1. The number of nitrogens with one attached hydrogen (secondary N) is 1. The van der Waals surface area contributed by atoms with E-state index in [2.05, 4.69) is 5.32 Å². The lowest BCUT2D eigenvalue weighted by Gasteiger charge is -2.28. The van der Waals surface area contributed by atoms with Gasteiger partial charge in [0.15, 0.2) is 0 Å². The summed E-state index contributed by atoms with van der Waals surface area (Å²) in [6.45, 7) is 2.73. The molecule has 1 amide bonds. The minimum Gasteiger partial charge on any atom is -0.507 e. The number of carbonyl (C=O) groups is 2. The summed E-state index contributed by atoms with van der Waals surface area (Å²) >= 11 is 0. The van der Waals surface area contributed by atoms with Crippen LogP contribution in [0, 0.1) is 12.8 Å². The maximum Gasteiger partial charge on any atom is 0.326 e. The minimum atomic E-state index is -1.09. The molecule has 1 fully saturated rings. The van der Waals surface area contributed by atoms with Gasteiger partial charge in [-0.3, -0.25) is 4.79 Å². The molecule has 114 valence electrons. The third-order valence-electron chi connectivity index (χ3n) is 3.62. The van der Waals surface area contributed by atoms with Crippen LogP contribution in [0.25, 0.3) is 0 Å². The van der Waals surface area contributed by atoms with E-state index in [1.54, 1.807) is 13.0 Å². The lowest BCUT2D eigenvalue weighted by atomic mass is 9.93. The Morgan fingerprint density at radius 1 is 1.43 bits per heavy atom. The molecule has 1 heterocycles. The average molecular weight is 293 g/mol. The summed E-state index contributed by atoms with van der Waals surface area (Å²) in [7, 11) is 0. The number of carbonyl (C=O) groups excluding carboxylic acids is 1. The van der Waals surface area contributed by atoms with Crippen LogP contribution in [-0.2, 0) is 9.53 Å². The molecule has 0 radical (unpaired) electrons. The monoisotopic (exact) mass is 293 g/mol. The van der Waals surface area contributed by atoms with E-state index in [-0.39, 0.29) is 17.2 Å². The second kappa shape index (κ2) is 6.58. The highest BCUT2D eigenvalue weighted by Crippen LogP contribution is 2.21. The van der Waals surface area contributed by atoms with Crippen LogP contribution >= 0.6 is 0 Å². The molecule has 3 N–H and O–H groups in total. The van der Waals surface area contributed by atoms with Crippen LogP contribution < -0.4 is 5.32 Å². The lowest BCUT2D eigenvalue weighted by molar-refractivity contribution is -0.142. The Morgan fingerprint density at radius 3 is 2.76 bits per heavy atom. The van der Waals surface area contributed by atoms with Gasteiger partial charge in [0.1, 0.15) is 11.8 Å². The minimum absolute atomic E-state index is 0.0728. The van der Waals surface area contributed by atoms with Crippen molar-refractivity contribution in [3.8, 4) is 5.75 Å². The molecule has 1 aromatic rings. The molecule has 0 aromatic heterocycles. The summed E-state index contributed by atoms with van der Waals surface area (Å²) in [5.41, 5.74) is 0.892. The molecule has 0 spiro atoms. The van der Waals surface area contributed by atoms with E-state index in [0.29, 0.717) is 19.6 Å². The SMILES string of the molecule is Cc1ccc(C(=O)NC(C(=O)O)C2CCCOC2)c(O)c1. The number of aliphatic carboxylic acids is 1. The van der Waals surface area contributed by atoms with Crippen molar-refractivity contribution in [2.24, 2.45) is 5.92 Å². The molecule has 2 unspecified atom stereocenters. The van der Waals surface area contributed by atoms with Gasteiger partial charge in [0.2, 0.25) is 0 Å². The highest BCUT2D eigenvalue weighted by molar-refractivity contribution is 5.98. The van der Waals surface area contributed by atoms with Crippen LogP contribution in [0.3, 0.4) is 0 Å². The fourth-order valence-electron chi connectivity index (χ4n) is 2.46. The maximum atomic E-state index is 12.2. The standard InChI is InChI=1S/C15H19NO5/c1-9-4-5-11(12(17)7-9)14(18)16-13(15(19)20)10-3-2-6-21-8-10/h4-5,7,10,13,17H,2-3,6,8H2,1H3,(H,16,18)(H,19,20). The Bertz CT molecular complexity index is 537. The Hall–Kier alpha value is -2.08. The van der Waals surface area contributed by atoms with Gasteiger partial charge in [0.05, 0.1) is 12.2 Å². The molecule has 2 atom stereocenters. The second-order valence-corrected chi connectivity index (χ2v) is 5.29. The Morgan fingerprint density at radius 2 is 2.19 bits per heavy atom. The summed E-state index contributed by atoms with van der Waals surface area (Å²) < 4.78 is 5.28. The molecule has 1 aromatic carbocycles. The Labute approximate surface area is 122 Å². The summed E-state index contributed by atoms with van der Waals surface area (Å²) in [4.78, 5) is 23.5. The van der Waals surface area contributed by atoms with E-state index >= 15 is 0 Å². The molecular formula is C15H19NO5. The van der Waals surface area contributed by atoms with E-state index in [0.717, 1.165) is 12.0 Å². The largest absolute Gasteiger partial charge is 0.507 e. The summed E-state index contributed by atoms with van der Waals surface area (Å²) in [5, 5.41) is 21.6. The Kier molecular flexibility index (Phi) is 4.80. The fourth-order valence-corrected chi connectivity index (χ4v) is 2.46. The summed E-state index contributed by atoms with van der Waals surface area (Å²) in [5.74, 6) is -2.10. The van der Waals surface area contributed by atoms with Crippen molar-refractivity contribution in [3.63, 3.8) is 0 Å². The lowest BCUT2D eigenvalue weighted by Crippen LogP contribution is -2.48. The van der Waals surface area contributed by atoms with Gasteiger partial charge < -0.3 is 20.3 Å². The van der Waals surface area contributed by atoms with E-state index in [1.165, 1.54) is 12.1 Å². The molecule has 21 heavy (non-hydrogen) atoms. The second-order valence-electron chi connectivity index (χ2n) is 5.29. The number of hydrogen-bond acceptors (Lipinski definition) is 4. The van der Waals surface area contributed by atoms with Gasteiger partial charge in [-0.05, 0) is 37.5 Å². The summed E-state index contributed by atoms with van der Waals surface area (Å²) in [6, 6.07) is 3.62. The first kappa shape index (κ1) is 15.3. The predicted octanol–water partition coefficient (Wildman–Crippen LogP) is 1.31. The van der Waals surface area contributed by atoms with Crippen molar-refractivity contribution in [1.29, 1.82) is 0 Å². The van der Waals surface area contributed by atoms with Crippen LogP contribution in [0.4, 0.5) is 0 Å². The van der Waals surface area contributed by atoms with Gasteiger partial charge in [-0.1, -0.05) is 6.07 Å². The number of hydrogen-bond donors (Lipinski definition) is 3. The normalized spacial score (nSPS) is 19.8. The van der Waals surface area contributed by atoms with Crippen LogP contribution in [0.5, 0.6) is 5.75 Å². The summed E-state index contributed by atoms with van der Waals surface area (Å²) in [6.07, 6.45) is 1.47. The number of ether oxygens (including phenoxy) is 1. The molecule has 2 rings (SSSR count). The maximum absolute atomic E-state index is 12.2. The number of phenolic OH excluding ortho intramolecular Hbond substituents is 1. The molecule has 1 saturated heterocycles. The first-order valence-electron chi connectivity index (χ1n) is 6.90. The predicted molar refractivity (Wildman–Crippen MR) is 75.3 cm³/mol. The van der Waals surface area contributed by atoms with E-state index in [1.807, 2.05) is 0 Å². The molecule has 0 aliphatic carbocycles. The fraction of sp³-hybridized carbons (Fsp3) is 0.467. The van der Waals surface area contributed by atoms with Crippen molar-refractivity contribution in [2.45, 2.75) is 25.8 Å². The topological polar surface area (TPSA) is 95.9 Å². The van der Waals surface area contributed by atoms with Crippen LogP contribution in [0.15, 0.2) is 18.2 Å². The number of amides is 1. The Balaban J connectivity index is 2.12. The zero-order valence-corrected chi connectivity index (χ0v) is 11.8. The van der Waals surface area contributed by atoms with E-state index in [4.69, 9.17) is 4.74 Å². The molecule has 0 saturated carbocycles. The van der Waals surface area contributed by atoms with Gasteiger partial charge in [-0.25, -0.2) is 4.79 Å². The number of aryl methyl sites for hydroxylation is 1. The molecule has 1 aliphatic rings. The highest BCUT2D eigenvalue weighted by Gasteiger charge is 2.32. The third-order valence-corrected chi connectivity index (χ3v) is 3.62. The van der Waals surface area contributed by atoms with Crippen LogP contribution in [-0.4, -0.2) is 41.3 Å². The smallest absolute Gasteiger partial charge is 0.326 e. The average Bonchev–Trinajstić information content (AvgIpc) is 2.45. The van der Waals surface area contributed by atoms with Crippen molar-refractivity contribution < 1.29 is 24.5 Å². The van der Waals surface area contributed by atoms with Gasteiger partial charge >= 0.3 is 5.97 Å². The van der Waals surface area contributed by atoms with Crippen molar-refractivity contribution >= 4 is 11.9 Å². The first-order chi connectivity index (χ1) is 9.99. The molecule has 6 nitrogen and oxygen atoms in total. The molecule has 0 bridgehead atoms. The van der Waals surface area contributed by atoms with E-state index in [9.17, 15) is 19.8 Å². The first-order valence-corrected chi connectivity index (χ1v) is 6.90. The third kappa shape index (κ3) is 3.72. The molecular weight excluding hydrogens is 274 g/mol. The van der Waals surface area contributed by atoms with Crippen LogP contribution in [0.2, 0.25) is 0 Å². The van der Waals surface area contributed by atoms with Crippen molar-refractivity contribution in [1.82, 2.24) is 5.32 Å². The van der Waals surface area contributed by atoms with E-state index < -0.39 is 17.9 Å².